The highest BCUT2D eigenvalue weighted by Gasteiger charge is 2.32. The van der Waals surface area contributed by atoms with Gasteiger partial charge in [0.1, 0.15) is 5.75 Å². The number of carbonyl (C=O) groups excluding carboxylic acids is 1. The number of piperidine rings is 1. The van der Waals surface area contributed by atoms with Crippen molar-refractivity contribution >= 4 is 21.9 Å². The Balaban J connectivity index is 1.68. The first kappa shape index (κ1) is 20.3. The van der Waals surface area contributed by atoms with E-state index in [1.54, 1.807) is 7.11 Å². The quantitative estimate of drug-likeness (QED) is 0.724. The highest BCUT2D eigenvalue weighted by Crippen LogP contribution is 2.27. The predicted octanol–water partition coefficient (Wildman–Crippen LogP) is 1.87. The van der Waals surface area contributed by atoms with Crippen molar-refractivity contribution in [1.29, 1.82) is 0 Å². The molecule has 1 aromatic carbocycles. The van der Waals surface area contributed by atoms with Gasteiger partial charge in [-0.05, 0) is 31.4 Å². The second kappa shape index (κ2) is 8.70. The fourth-order valence-electron chi connectivity index (χ4n) is 3.29. The number of sulfonamides is 1. The Morgan fingerprint density at radius 3 is 2.93 bits per heavy atom. The monoisotopic (exact) mass is 407 g/mol. The van der Waals surface area contributed by atoms with Gasteiger partial charge in [0.2, 0.25) is 21.9 Å². The minimum Gasteiger partial charge on any atom is -0.496 e. The lowest BCUT2D eigenvalue weighted by molar-refractivity contribution is -0.120. The molecule has 1 amide bonds. The number of para-hydroxylation sites is 1. The van der Waals surface area contributed by atoms with Crippen molar-refractivity contribution in [2.45, 2.75) is 26.2 Å². The second-order valence-corrected chi connectivity index (χ2v) is 8.80. The van der Waals surface area contributed by atoms with E-state index >= 15 is 0 Å². The molecule has 28 heavy (non-hydrogen) atoms. The van der Waals surface area contributed by atoms with E-state index in [0.717, 1.165) is 5.56 Å². The molecule has 1 aromatic heterocycles. The van der Waals surface area contributed by atoms with Crippen molar-refractivity contribution in [3.63, 3.8) is 0 Å². The lowest BCUT2D eigenvalue weighted by atomic mass is 9.99. The third-order valence-electron chi connectivity index (χ3n) is 4.69. The summed E-state index contributed by atoms with van der Waals surface area (Å²) < 4.78 is 31.3. The highest BCUT2D eigenvalue weighted by atomic mass is 32.2. The third kappa shape index (κ3) is 4.50. The van der Waals surface area contributed by atoms with Gasteiger partial charge >= 0.3 is 0 Å². The first-order valence-corrected chi connectivity index (χ1v) is 10.9. The van der Waals surface area contributed by atoms with Crippen molar-refractivity contribution in [3.8, 4) is 17.1 Å². The first-order valence-electron chi connectivity index (χ1n) is 9.29. The molecule has 1 aliphatic heterocycles. The SMILES string of the molecule is CCCS(=O)(=O)N1CCC[C@@H](C(=O)Nc2n[nH]c(-c3ccccc3OC)n2)C1. The molecule has 0 unspecified atom stereocenters. The van der Waals surface area contributed by atoms with Crippen LogP contribution < -0.4 is 10.1 Å². The molecule has 10 heteroatoms. The molecule has 0 saturated carbocycles. The van der Waals surface area contributed by atoms with E-state index in [-0.39, 0.29) is 24.2 Å². The maximum atomic E-state index is 12.6. The van der Waals surface area contributed by atoms with E-state index in [1.165, 1.54) is 4.31 Å². The van der Waals surface area contributed by atoms with Crippen LogP contribution in [0.25, 0.3) is 11.4 Å². The number of aromatic nitrogens is 3. The van der Waals surface area contributed by atoms with Crippen molar-refractivity contribution in [3.05, 3.63) is 24.3 Å². The summed E-state index contributed by atoms with van der Waals surface area (Å²) in [6.45, 7) is 2.48. The van der Waals surface area contributed by atoms with Crippen LogP contribution in [-0.4, -0.2) is 59.8 Å². The minimum atomic E-state index is -3.31. The molecule has 1 aliphatic rings. The summed E-state index contributed by atoms with van der Waals surface area (Å²) in [6.07, 6.45) is 1.84. The zero-order valence-electron chi connectivity index (χ0n) is 16.0. The maximum Gasteiger partial charge on any atom is 0.249 e. The molecule has 1 saturated heterocycles. The number of rotatable bonds is 7. The summed E-state index contributed by atoms with van der Waals surface area (Å²) in [5, 5.41) is 9.53. The normalized spacial score (nSPS) is 18.0. The number of ether oxygens (including phenoxy) is 1. The van der Waals surface area contributed by atoms with Gasteiger partial charge in [0.15, 0.2) is 5.82 Å². The van der Waals surface area contributed by atoms with Gasteiger partial charge in [-0.2, -0.15) is 4.98 Å². The summed E-state index contributed by atoms with van der Waals surface area (Å²) in [5.41, 5.74) is 0.729. The molecule has 0 spiro atoms. The van der Waals surface area contributed by atoms with Crippen LogP contribution >= 0.6 is 0 Å². The number of carbonyl (C=O) groups is 1. The van der Waals surface area contributed by atoms with Crippen LogP contribution in [0.3, 0.4) is 0 Å². The molecule has 2 heterocycles. The Hall–Kier alpha value is -2.46. The summed E-state index contributed by atoms with van der Waals surface area (Å²) in [4.78, 5) is 16.9. The first-order chi connectivity index (χ1) is 13.4. The number of H-pyrrole nitrogens is 1. The Morgan fingerprint density at radius 1 is 1.39 bits per heavy atom. The third-order valence-corrected chi connectivity index (χ3v) is 6.74. The Morgan fingerprint density at radius 2 is 2.18 bits per heavy atom. The lowest BCUT2D eigenvalue weighted by Gasteiger charge is -2.30. The summed E-state index contributed by atoms with van der Waals surface area (Å²) in [6, 6.07) is 7.35. The van der Waals surface area contributed by atoms with Crippen LogP contribution in [0.5, 0.6) is 5.75 Å². The summed E-state index contributed by atoms with van der Waals surface area (Å²) in [5.74, 6) is 0.670. The van der Waals surface area contributed by atoms with Crippen molar-refractivity contribution in [2.24, 2.45) is 5.92 Å². The highest BCUT2D eigenvalue weighted by molar-refractivity contribution is 7.89. The van der Waals surface area contributed by atoms with E-state index in [9.17, 15) is 13.2 Å². The molecule has 9 nitrogen and oxygen atoms in total. The average molecular weight is 407 g/mol. The number of amides is 1. The Bertz CT molecular complexity index is 928. The standard InChI is InChI=1S/C18H25N5O4S/c1-3-11-28(25,26)23-10-6-7-13(12-23)17(24)20-18-19-16(21-22-18)14-8-4-5-9-15(14)27-2/h4-5,8-9,13H,3,6-7,10-12H2,1-2H3,(H2,19,20,21,22,24)/t13-/m1/s1. The lowest BCUT2D eigenvalue weighted by Crippen LogP contribution is -2.44. The van der Waals surface area contributed by atoms with Gasteiger partial charge in [-0.3, -0.25) is 15.2 Å². The van der Waals surface area contributed by atoms with Gasteiger partial charge in [0.05, 0.1) is 24.3 Å². The number of hydrogen-bond acceptors (Lipinski definition) is 6. The number of nitrogens with zero attached hydrogens (tertiary/aromatic N) is 3. The van der Waals surface area contributed by atoms with E-state index in [2.05, 4.69) is 20.5 Å². The topological polar surface area (TPSA) is 117 Å². The number of methoxy groups -OCH3 is 1. The maximum absolute atomic E-state index is 12.6. The van der Waals surface area contributed by atoms with Crippen molar-refractivity contribution in [2.75, 3.05) is 31.3 Å². The number of hydrogen-bond donors (Lipinski definition) is 2. The molecule has 2 aromatic rings. The van der Waals surface area contributed by atoms with Crippen LogP contribution in [0.1, 0.15) is 26.2 Å². The zero-order valence-corrected chi connectivity index (χ0v) is 16.8. The van der Waals surface area contributed by atoms with Crippen molar-refractivity contribution < 1.29 is 17.9 Å². The number of aromatic amines is 1. The van der Waals surface area contributed by atoms with Crippen LogP contribution in [0.4, 0.5) is 5.95 Å². The van der Waals surface area contributed by atoms with E-state index < -0.39 is 15.9 Å². The average Bonchev–Trinajstić information content (AvgIpc) is 3.16. The second-order valence-electron chi connectivity index (χ2n) is 6.71. The number of anilines is 1. The molecule has 0 bridgehead atoms. The fraction of sp³-hybridized carbons (Fsp3) is 0.500. The van der Waals surface area contributed by atoms with Crippen LogP contribution in [0, 0.1) is 5.92 Å². The van der Waals surface area contributed by atoms with Gasteiger partial charge in [-0.15, -0.1) is 5.10 Å². The van der Waals surface area contributed by atoms with E-state index in [0.29, 0.717) is 37.4 Å². The summed E-state index contributed by atoms with van der Waals surface area (Å²) >= 11 is 0. The molecular weight excluding hydrogens is 382 g/mol. The van der Waals surface area contributed by atoms with Gasteiger partial charge < -0.3 is 4.74 Å². The van der Waals surface area contributed by atoms with Crippen LogP contribution in [0.15, 0.2) is 24.3 Å². The molecule has 3 rings (SSSR count). The molecule has 1 atom stereocenters. The largest absolute Gasteiger partial charge is 0.496 e. The predicted molar refractivity (Wildman–Crippen MR) is 105 cm³/mol. The molecule has 152 valence electrons. The smallest absolute Gasteiger partial charge is 0.249 e. The van der Waals surface area contributed by atoms with E-state index in [4.69, 9.17) is 4.74 Å². The van der Waals surface area contributed by atoms with E-state index in [1.807, 2.05) is 31.2 Å². The number of nitrogens with one attached hydrogen (secondary N) is 2. The Labute approximate surface area is 164 Å². The Kier molecular flexibility index (Phi) is 6.30. The van der Waals surface area contributed by atoms with Gasteiger partial charge in [-0.1, -0.05) is 19.1 Å². The van der Waals surface area contributed by atoms with Gasteiger partial charge in [0.25, 0.3) is 0 Å². The van der Waals surface area contributed by atoms with Crippen LogP contribution in [0.2, 0.25) is 0 Å². The molecule has 0 radical (unpaired) electrons. The minimum absolute atomic E-state index is 0.102. The molecule has 0 aliphatic carbocycles. The molecular formula is C18H25N5O4S. The van der Waals surface area contributed by atoms with Gasteiger partial charge in [0, 0.05) is 13.1 Å². The molecule has 2 N–H and O–H groups in total. The number of benzene rings is 1. The summed E-state index contributed by atoms with van der Waals surface area (Å²) in [7, 11) is -1.74. The van der Waals surface area contributed by atoms with Crippen LogP contribution in [-0.2, 0) is 14.8 Å². The van der Waals surface area contributed by atoms with Gasteiger partial charge in [-0.25, -0.2) is 12.7 Å². The van der Waals surface area contributed by atoms with Crippen molar-refractivity contribution in [1.82, 2.24) is 19.5 Å². The zero-order chi connectivity index (χ0) is 20.1. The molecule has 1 fully saturated rings. The fourth-order valence-corrected chi connectivity index (χ4v) is 4.88.